The van der Waals surface area contributed by atoms with Gasteiger partial charge in [0.05, 0.1) is 6.61 Å². The van der Waals surface area contributed by atoms with Crippen LogP contribution < -0.4 is 9.47 Å². The van der Waals surface area contributed by atoms with E-state index >= 15 is 0 Å². The summed E-state index contributed by atoms with van der Waals surface area (Å²) in [5.41, 5.74) is 0. The molecule has 0 spiro atoms. The normalized spacial score (nSPS) is 11.8. The number of benzene rings is 2. The van der Waals surface area contributed by atoms with Crippen LogP contribution in [0.1, 0.15) is 52.4 Å². The van der Waals surface area contributed by atoms with Gasteiger partial charge in [0, 0.05) is 16.8 Å². The minimum absolute atomic E-state index is 0.281. The van der Waals surface area contributed by atoms with E-state index in [1.165, 1.54) is 6.08 Å². The lowest BCUT2D eigenvalue weighted by atomic mass is 10.1. The van der Waals surface area contributed by atoms with Gasteiger partial charge in [-0.25, -0.2) is 4.79 Å². The van der Waals surface area contributed by atoms with Crippen LogP contribution in [0.15, 0.2) is 49.1 Å². The molecule has 0 fully saturated rings. The van der Waals surface area contributed by atoms with Gasteiger partial charge in [0.15, 0.2) is 0 Å². The number of ether oxygens (including phenoxy) is 3. The zero-order valence-corrected chi connectivity index (χ0v) is 17.1. The average Bonchev–Trinajstić information content (AvgIpc) is 2.72. The van der Waals surface area contributed by atoms with Crippen LogP contribution >= 0.6 is 0 Å². The first-order valence-corrected chi connectivity index (χ1v) is 10.3. The summed E-state index contributed by atoms with van der Waals surface area (Å²) in [6.07, 6.45) is 7.05. The summed E-state index contributed by atoms with van der Waals surface area (Å²) in [4.78, 5) is 11.6. The fraction of sp³-hybridized carbons (Fsp3) is 0.458. The molecule has 0 aliphatic heterocycles. The Morgan fingerprint density at radius 2 is 1.61 bits per heavy atom. The Kier molecular flexibility index (Phi) is 9.40. The molecule has 2 rings (SSSR count). The van der Waals surface area contributed by atoms with E-state index in [2.05, 4.69) is 20.4 Å². The third-order valence-corrected chi connectivity index (χ3v) is 4.60. The van der Waals surface area contributed by atoms with E-state index in [0.29, 0.717) is 13.2 Å². The molecular weight excluding hydrogens is 352 g/mol. The van der Waals surface area contributed by atoms with Gasteiger partial charge in [0.1, 0.15) is 24.2 Å². The summed E-state index contributed by atoms with van der Waals surface area (Å²) in [5.74, 6) is 1.23. The first-order chi connectivity index (χ1) is 13.7. The monoisotopic (exact) mass is 384 g/mol. The number of carbonyl (C=O) groups is 1. The van der Waals surface area contributed by atoms with Gasteiger partial charge in [-0.1, -0.05) is 64.0 Å². The van der Waals surface area contributed by atoms with Gasteiger partial charge < -0.3 is 14.2 Å². The maximum atomic E-state index is 11.6. The number of fused-ring (bicyclic) bond motifs is 1. The first-order valence-electron chi connectivity index (χ1n) is 10.3. The van der Waals surface area contributed by atoms with Crippen molar-refractivity contribution in [2.45, 2.75) is 58.5 Å². The van der Waals surface area contributed by atoms with Crippen LogP contribution in [0.25, 0.3) is 10.8 Å². The van der Waals surface area contributed by atoms with Gasteiger partial charge >= 0.3 is 5.97 Å². The zero-order chi connectivity index (χ0) is 20.2. The molecule has 4 heteroatoms. The Morgan fingerprint density at radius 1 is 0.964 bits per heavy atom. The van der Waals surface area contributed by atoms with Gasteiger partial charge in [-0.2, -0.15) is 0 Å². The van der Waals surface area contributed by atoms with Crippen LogP contribution in [0.3, 0.4) is 0 Å². The van der Waals surface area contributed by atoms with Crippen molar-refractivity contribution >= 4 is 16.7 Å². The second-order valence-electron chi connectivity index (χ2n) is 6.88. The van der Waals surface area contributed by atoms with Crippen molar-refractivity contribution in [2.75, 3.05) is 13.2 Å². The molecular formula is C24H32O4. The predicted octanol–water partition coefficient (Wildman–Crippen LogP) is 6.08. The molecule has 2 aromatic rings. The highest BCUT2D eigenvalue weighted by Gasteiger charge is 2.15. The minimum atomic E-state index is -0.408. The molecule has 0 heterocycles. The second kappa shape index (κ2) is 12.1. The number of hydrogen-bond acceptors (Lipinski definition) is 4. The molecule has 152 valence electrons. The molecule has 0 N–H and O–H groups in total. The van der Waals surface area contributed by atoms with Crippen LogP contribution in [0.2, 0.25) is 0 Å². The topological polar surface area (TPSA) is 44.8 Å². The highest BCUT2D eigenvalue weighted by Crippen LogP contribution is 2.33. The molecule has 28 heavy (non-hydrogen) atoms. The molecule has 0 saturated carbocycles. The van der Waals surface area contributed by atoms with Crippen molar-refractivity contribution in [1.82, 2.24) is 0 Å². The Bertz CT molecular complexity index is 753. The largest absolute Gasteiger partial charge is 0.493 e. The zero-order valence-electron chi connectivity index (χ0n) is 17.1. The minimum Gasteiger partial charge on any atom is -0.493 e. The number of hydrogen-bond donors (Lipinski definition) is 0. The maximum absolute atomic E-state index is 11.6. The van der Waals surface area contributed by atoms with Gasteiger partial charge in [-0.3, -0.25) is 0 Å². The van der Waals surface area contributed by atoms with Crippen LogP contribution in [-0.2, 0) is 9.53 Å². The summed E-state index contributed by atoms with van der Waals surface area (Å²) in [6.45, 7) is 8.81. The molecule has 0 bridgehead atoms. The van der Waals surface area contributed by atoms with E-state index in [1.54, 1.807) is 0 Å². The molecule has 0 aromatic heterocycles. The molecule has 0 radical (unpaired) electrons. The van der Waals surface area contributed by atoms with Crippen molar-refractivity contribution in [2.24, 2.45) is 0 Å². The van der Waals surface area contributed by atoms with E-state index < -0.39 is 5.97 Å². The summed E-state index contributed by atoms with van der Waals surface area (Å²) in [6, 6.07) is 11.9. The SMILES string of the molecule is C=CC(=O)OC(CCCCC)COc1ccc(OCCCC)c2ccccc12. The summed E-state index contributed by atoms with van der Waals surface area (Å²) >= 11 is 0. The fourth-order valence-electron chi connectivity index (χ4n) is 3.02. The smallest absolute Gasteiger partial charge is 0.330 e. The van der Waals surface area contributed by atoms with E-state index in [4.69, 9.17) is 14.2 Å². The average molecular weight is 385 g/mol. The van der Waals surface area contributed by atoms with Gasteiger partial charge in [-0.05, 0) is 31.4 Å². The fourth-order valence-corrected chi connectivity index (χ4v) is 3.02. The number of rotatable bonds is 13. The number of unbranched alkanes of at least 4 members (excludes halogenated alkanes) is 3. The van der Waals surface area contributed by atoms with Crippen molar-refractivity contribution in [1.29, 1.82) is 0 Å². The lowest BCUT2D eigenvalue weighted by molar-refractivity contribution is -0.144. The van der Waals surface area contributed by atoms with Gasteiger partial charge in [-0.15, -0.1) is 0 Å². The molecule has 2 aromatic carbocycles. The lowest BCUT2D eigenvalue weighted by Crippen LogP contribution is -2.24. The highest BCUT2D eigenvalue weighted by atomic mass is 16.6. The number of carbonyl (C=O) groups excluding carboxylic acids is 1. The lowest BCUT2D eigenvalue weighted by Gasteiger charge is -2.19. The Hall–Kier alpha value is -2.49. The standard InChI is InChI=1S/C24H32O4/c1-4-7-9-12-19(28-24(25)6-3)18-27-23-16-15-22(26-17-8-5-2)20-13-10-11-14-21(20)23/h6,10-11,13-16,19H,3-5,7-9,12,17-18H2,1-2H3. The quantitative estimate of drug-likeness (QED) is 0.239. The molecule has 1 unspecified atom stereocenters. The van der Waals surface area contributed by atoms with Crippen molar-refractivity contribution in [3.8, 4) is 11.5 Å². The third kappa shape index (κ3) is 6.59. The molecule has 4 nitrogen and oxygen atoms in total. The van der Waals surface area contributed by atoms with Crippen LogP contribution in [-0.4, -0.2) is 25.3 Å². The van der Waals surface area contributed by atoms with Gasteiger partial charge in [0.2, 0.25) is 0 Å². The van der Waals surface area contributed by atoms with Crippen molar-refractivity contribution in [3.05, 3.63) is 49.1 Å². The summed E-state index contributed by atoms with van der Waals surface area (Å²) < 4.78 is 17.5. The molecule has 0 amide bonds. The van der Waals surface area contributed by atoms with Crippen LogP contribution in [0.5, 0.6) is 11.5 Å². The number of esters is 1. The third-order valence-electron chi connectivity index (χ3n) is 4.60. The van der Waals surface area contributed by atoms with E-state index in [-0.39, 0.29) is 6.10 Å². The molecule has 0 saturated heterocycles. The van der Waals surface area contributed by atoms with Crippen LogP contribution in [0.4, 0.5) is 0 Å². The molecule has 1 atom stereocenters. The second-order valence-corrected chi connectivity index (χ2v) is 6.88. The molecule has 0 aliphatic rings. The highest BCUT2D eigenvalue weighted by molar-refractivity contribution is 5.93. The van der Waals surface area contributed by atoms with Gasteiger partial charge in [0.25, 0.3) is 0 Å². The van der Waals surface area contributed by atoms with E-state index in [0.717, 1.165) is 60.8 Å². The summed E-state index contributed by atoms with van der Waals surface area (Å²) in [5, 5.41) is 2.03. The Morgan fingerprint density at radius 3 is 2.21 bits per heavy atom. The first kappa shape index (κ1) is 21.8. The maximum Gasteiger partial charge on any atom is 0.330 e. The van der Waals surface area contributed by atoms with E-state index in [9.17, 15) is 4.79 Å². The van der Waals surface area contributed by atoms with Crippen LogP contribution in [0, 0.1) is 0 Å². The predicted molar refractivity (Wildman–Crippen MR) is 114 cm³/mol. The van der Waals surface area contributed by atoms with E-state index in [1.807, 2.05) is 36.4 Å². The van der Waals surface area contributed by atoms with Crippen molar-refractivity contribution in [3.63, 3.8) is 0 Å². The Balaban J connectivity index is 2.11. The summed E-state index contributed by atoms with van der Waals surface area (Å²) in [7, 11) is 0. The Labute approximate surface area is 168 Å². The van der Waals surface area contributed by atoms with Crippen molar-refractivity contribution < 1.29 is 19.0 Å². The molecule has 0 aliphatic carbocycles.